The molecule has 2 saturated carbocycles. The largest absolute Gasteiger partial charge is 2.00 e. The molecule has 4 heteroatoms. The molecule has 2 aliphatic carbocycles. The maximum Gasteiger partial charge on any atom is 2.00 e. The number of carbonyl (C=O) groups excluding carboxylic acids is 1. The molecule has 0 N–H and O–H groups in total. The van der Waals surface area contributed by atoms with Crippen molar-refractivity contribution in [2.24, 2.45) is 0 Å². The summed E-state index contributed by atoms with van der Waals surface area (Å²) in [5, 5.41) is 0.537. The number of ketones is 1. The average Bonchev–Trinajstić information content (AvgIpc) is 3.26. The first-order valence-corrected chi connectivity index (χ1v) is 7.24. The first kappa shape index (κ1) is 18.6. The minimum absolute atomic E-state index is 0. The van der Waals surface area contributed by atoms with Crippen LogP contribution in [0.2, 0.25) is 5.02 Å². The van der Waals surface area contributed by atoms with Gasteiger partial charge in [-0.1, -0.05) is 11.6 Å². The van der Waals surface area contributed by atoms with Crippen LogP contribution in [-0.2, 0) is 17.1 Å². The summed E-state index contributed by atoms with van der Waals surface area (Å²) in [6, 6.07) is 5.05. The van der Waals surface area contributed by atoms with Crippen LogP contribution in [0.3, 0.4) is 0 Å². The van der Waals surface area contributed by atoms with Crippen LogP contribution < -0.4 is 4.74 Å². The third kappa shape index (κ3) is 4.86. The van der Waals surface area contributed by atoms with Crippen LogP contribution in [0.1, 0.15) is 10.4 Å². The van der Waals surface area contributed by atoms with Gasteiger partial charge in [0.25, 0.3) is 0 Å². The molecule has 1 heterocycles. The Balaban J connectivity index is 0.000000276. The van der Waals surface area contributed by atoms with Gasteiger partial charge in [-0.05, 0) is 82.1 Å². The molecule has 2 fully saturated rings. The molecule has 0 bridgehead atoms. The van der Waals surface area contributed by atoms with Crippen molar-refractivity contribution in [2.75, 3.05) is 0 Å². The zero-order valence-corrected chi connectivity index (χ0v) is 13.9. The maximum absolute atomic E-state index is 12.0. The number of fused-ring (bicyclic) bond motifs is 1. The standard InChI is InChI=1S/C14H8ClO2.C5H5.Fe/c15-10-5-6-12-11(8-10)14(16)13(17-12)7-9-3-1-2-4-9;1-2-4-5-3-1;/h1-8H;1-5H;/q;;+2/b13-7-;;. The Morgan fingerprint density at radius 3 is 2.13 bits per heavy atom. The molecule has 23 heavy (non-hydrogen) atoms. The second kappa shape index (κ2) is 8.92. The van der Waals surface area contributed by atoms with E-state index in [2.05, 4.69) is 0 Å². The summed E-state index contributed by atoms with van der Waals surface area (Å²) in [5.74, 6) is 1.74. The minimum Gasteiger partial charge on any atom is -0.453 e. The van der Waals surface area contributed by atoms with Gasteiger partial charge in [-0.15, -0.1) is 0 Å². The molecule has 10 radical (unpaired) electrons. The van der Waals surface area contributed by atoms with Crippen LogP contribution in [0.4, 0.5) is 0 Å². The quantitative estimate of drug-likeness (QED) is 0.551. The first-order valence-electron chi connectivity index (χ1n) is 6.86. The van der Waals surface area contributed by atoms with Gasteiger partial charge < -0.3 is 4.74 Å². The normalized spacial score (nSPS) is 21.4. The van der Waals surface area contributed by atoms with E-state index in [0.29, 0.717) is 22.1 Å². The fraction of sp³-hybridized carbons (Fsp3) is 0. The molecular weight excluding hydrogens is 352 g/mol. The summed E-state index contributed by atoms with van der Waals surface area (Å²) >= 11 is 5.85. The molecular formula is C19H13ClFeO2+2. The molecule has 114 valence electrons. The van der Waals surface area contributed by atoms with Gasteiger partial charge in [0.05, 0.1) is 5.56 Å². The van der Waals surface area contributed by atoms with Crippen molar-refractivity contribution < 1.29 is 26.6 Å². The number of hydrogen-bond donors (Lipinski definition) is 0. The minimum atomic E-state index is -0.122. The van der Waals surface area contributed by atoms with Crippen LogP contribution in [0.25, 0.3) is 0 Å². The van der Waals surface area contributed by atoms with Gasteiger partial charge in [-0.25, -0.2) is 0 Å². The third-order valence-corrected chi connectivity index (χ3v) is 3.41. The van der Waals surface area contributed by atoms with Crippen LogP contribution >= 0.6 is 11.6 Å². The second-order valence-electron chi connectivity index (χ2n) is 4.76. The van der Waals surface area contributed by atoms with E-state index in [1.807, 2.05) is 57.8 Å². The first-order chi connectivity index (χ1) is 10.7. The van der Waals surface area contributed by atoms with E-state index >= 15 is 0 Å². The molecule has 4 rings (SSSR count). The topological polar surface area (TPSA) is 26.3 Å². The van der Waals surface area contributed by atoms with E-state index in [-0.39, 0.29) is 22.9 Å². The molecule has 0 unspecified atom stereocenters. The van der Waals surface area contributed by atoms with Crippen LogP contribution in [0.5, 0.6) is 5.75 Å². The summed E-state index contributed by atoms with van der Waals surface area (Å²) in [7, 11) is 0. The van der Waals surface area contributed by atoms with E-state index in [1.54, 1.807) is 24.3 Å². The molecule has 0 atom stereocenters. The van der Waals surface area contributed by atoms with Crippen LogP contribution in [0, 0.1) is 63.7 Å². The van der Waals surface area contributed by atoms with Gasteiger partial charge >= 0.3 is 17.1 Å². The molecule has 0 spiro atoms. The number of carbonyl (C=O) groups is 1. The number of allylic oxidation sites excluding steroid dienone is 2. The van der Waals surface area contributed by atoms with Gasteiger partial charge in [0.15, 0.2) is 5.76 Å². The summed E-state index contributed by atoms with van der Waals surface area (Å²) in [5.41, 5.74) is 0.523. The number of ether oxygens (including phenoxy) is 1. The van der Waals surface area contributed by atoms with Crippen molar-refractivity contribution in [3.8, 4) is 5.75 Å². The summed E-state index contributed by atoms with van der Waals surface area (Å²) in [6.07, 6.45) is 19.4. The molecule has 0 amide bonds. The SMILES string of the molecule is O=C1/C(=C/[C]2[CH][CH][CH][CH]2)Oc2ccc(Cl)cc21.[CH]1[CH][CH][CH][CH]1.[Fe+2]. The summed E-state index contributed by atoms with van der Waals surface area (Å²) < 4.78 is 5.50. The van der Waals surface area contributed by atoms with Crippen LogP contribution in [-0.4, -0.2) is 5.78 Å². The monoisotopic (exact) mass is 364 g/mol. The molecule has 2 nitrogen and oxygen atoms in total. The Morgan fingerprint density at radius 1 is 0.913 bits per heavy atom. The van der Waals surface area contributed by atoms with E-state index in [9.17, 15) is 4.79 Å². The van der Waals surface area contributed by atoms with Gasteiger partial charge in [0.1, 0.15) is 5.75 Å². The smallest absolute Gasteiger partial charge is 0.453 e. The average molecular weight is 365 g/mol. The van der Waals surface area contributed by atoms with Crippen LogP contribution in [0.15, 0.2) is 30.0 Å². The zero-order chi connectivity index (χ0) is 15.4. The number of Topliss-reactive ketones (excluding diaryl/α,β-unsaturated/α-hetero) is 1. The number of rotatable bonds is 1. The maximum atomic E-state index is 12.0. The third-order valence-electron chi connectivity index (χ3n) is 3.17. The fourth-order valence-electron chi connectivity index (χ4n) is 2.12. The number of hydrogen-bond acceptors (Lipinski definition) is 2. The number of benzene rings is 1. The van der Waals surface area contributed by atoms with Gasteiger partial charge in [0.2, 0.25) is 5.78 Å². The molecule has 0 saturated heterocycles. The van der Waals surface area contributed by atoms with Crippen molar-refractivity contribution in [3.63, 3.8) is 0 Å². The van der Waals surface area contributed by atoms with Crippen molar-refractivity contribution in [2.45, 2.75) is 0 Å². The van der Waals surface area contributed by atoms with Crippen molar-refractivity contribution in [3.05, 3.63) is 104 Å². The Bertz CT molecular complexity index is 565. The van der Waals surface area contributed by atoms with Crippen molar-refractivity contribution in [1.29, 1.82) is 0 Å². The number of halogens is 1. The Kier molecular flexibility index (Phi) is 7.20. The molecule has 1 aromatic carbocycles. The Labute approximate surface area is 154 Å². The second-order valence-corrected chi connectivity index (χ2v) is 5.20. The molecule has 1 aliphatic heterocycles. The van der Waals surface area contributed by atoms with E-state index in [4.69, 9.17) is 16.3 Å². The van der Waals surface area contributed by atoms with E-state index < -0.39 is 0 Å². The zero-order valence-electron chi connectivity index (χ0n) is 12.1. The van der Waals surface area contributed by atoms with E-state index in [0.717, 1.165) is 5.92 Å². The summed E-state index contributed by atoms with van der Waals surface area (Å²) in [6.45, 7) is 0. The van der Waals surface area contributed by atoms with E-state index in [1.165, 1.54) is 0 Å². The Hall–Kier alpha value is -0.761. The van der Waals surface area contributed by atoms with Gasteiger partial charge in [-0.3, -0.25) is 4.79 Å². The Morgan fingerprint density at radius 2 is 1.52 bits per heavy atom. The predicted octanol–water partition coefficient (Wildman–Crippen LogP) is 4.22. The van der Waals surface area contributed by atoms with Gasteiger partial charge in [0, 0.05) is 10.9 Å². The molecule has 3 aliphatic rings. The van der Waals surface area contributed by atoms with Crippen molar-refractivity contribution in [1.82, 2.24) is 0 Å². The fourth-order valence-corrected chi connectivity index (χ4v) is 2.29. The summed E-state index contributed by atoms with van der Waals surface area (Å²) in [4.78, 5) is 12.0. The predicted molar refractivity (Wildman–Crippen MR) is 86.4 cm³/mol. The van der Waals surface area contributed by atoms with Gasteiger partial charge in [-0.2, -0.15) is 0 Å². The van der Waals surface area contributed by atoms with Crippen molar-refractivity contribution >= 4 is 17.4 Å². The molecule has 1 aromatic rings. The molecule has 0 aromatic heterocycles.